The van der Waals surface area contributed by atoms with E-state index in [1.165, 1.54) is 12.1 Å². The van der Waals surface area contributed by atoms with Gasteiger partial charge in [0.25, 0.3) is 0 Å². The Hall–Kier alpha value is -2.19. The van der Waals surface area contributed by atoms with Gasteiger partial charge in [0, 0.05) is 5.92 Å². The third-order valence-electron chi connectivity index (χ3n) is 4.15. The van der Waals surface area contributed by atoms with Gasteiger partial charge < -0.3 is 16.2 Å². The summed E-state index contributed by atoms with van der Waals surface area (Å²) >= 11 is 5.68. The molecule has 2 amide bonds. The molecule has 136 valence electrons. The van der Waals surface area contributed by atoms with E-state index in [0.29, 0.717) is 25.9 Å². The van der Waals surface area contributed by atoms with Gasteiger partial charge in [-0.2, -0.15) is 0 Å². The number of nitrogens with two attached hydrogens (primary N) is 1. The first-order valence-corrected chi connectivity index (χ1v) is 8.14. The number of piperidine rings is 1. The van der Waals surface area contributed by atoms with Crippen LogP contribution >= 0.6 is 11.6 Å². The van der Waals surface area contributed by atoms with Gasteiger partial charge in [-0.15, -0.1) is 0 Å². The summed E-state index contributed by atoms with van der Waals surface area (Å²) in [7, 11) is 0. The number of carbonyl (C=O) groups is 3. The lowest BCUT2D eigenvalue weighted by Crippen LogP contribution is -2.45. The first-order chi connectivity index (χ1) is 11.8. The standard InChI is InChI=1S/C16H19ClFN3O4/c17-11-7-10(1-2-12(11)18)14(16(24)25)20-15(23)9-3-5-21(6-4-9)8-13(19)22/h1-2,7,9,14H,3-6,8H2,(H2,19,22)(H,20,23)(H,24,25). The molecule has 0 saturated carbocycles. The topological polar surface area (TPSA) is 113 Å². The summed E-state index contributed by atoms with van der Waals surface area (Å²) in [6, 6.07) is 2.21. The van der Waals surface area contributed by atoms with Crippen molar-refractivity contribution in [2.24, 2.45) is 11.7 Å². The minimum atomic E-state index is -1.31. The molecule has 7 nitrogen and oxygen atoms in total. The summed E-state index contributed by atoms with van der Waals surface area (Å²) in [5.41, 5.74) is 5.33. The highest BCUT2D eigenvalue weighted by molar-refractivity contribution is 6.30. The molecule has 0 radical (unpaired) electrons. The zero-order chi connectivity index (χ0) is 18.6. The number of benzene rings is 1. The fourth-order valence-electron chi connectivity index (χ4n) is 2.81. The number of rotatable bonds is 6. The van der Waals surface area contributed by atoms with Crippen molar-refractivity contribution in [3.8, 4) is 0 Å². The van der Waals surface area contributed by atoms with Crippen molar-refractivity contribution in [3.05, 3.63) is 34.6 Å². The first kappa shape index (κ1) is 19.1. The fraction of sp³-hybridized carbons (Fsp3) is 0.438. The molecule has 1 aliphatic heterocycles. The molecule has 0 spiro atoms. The molecule has 0 aliphatic carbocycles. The minimum Gasteiger partial charge on any atom is -0.479 e. The molecule has 1 atom stereocenters. The summed E-state index contributed by atoms with van der Waals surface area (Å²) in [4.78, 5) is 36.6. The largest absolute Gasteiger partial charge is 0.479 e. The van der Waals surface area contributed by atoms with Crippen LogP contribution in [0.25, 0.3) is 0 Å². The van der Waals surface area contributed by atoms with Crippen LogP contribution in [-0.2, 0) is 14.4 Å². The van der Waals surface area contributed by atoms with Gasteiger partial charge in [-0.3, -0.25) is 14.5 Å². The van der Waals surface area contributed by atoms with Gasteiger partial charge in [-0.05, 0) is 43.6 Å². The van der Waals surface area contributed by atoms with Crippen LogP contribution in [0.4, 0.5) is 4.39 Å². The molecule has 1 heterocycles. The number of hydrogen-bond acceptors (Lipinski definition) is 4. The molecule has 0 bridgehead atoms. The third-order valence-corrected chi connectivity index (χ3v) is 4.44. The third kappa shape index (κ3) is 5.14. The number of hydrogen-bond donors (Lipinski definition) is 3. The molecule has 2 rings (SSSR count). The van der Waals surface area contributed by atoms with E-state index in [0.717, 1.165) is 6.07 Å². The second-order valence-corrected chi connectivity index (χ2v) is 6.38. The average molecular weight is 372 g/mol. The second-order valence-electron chi connectivity index (χ2n) is 5.97. The second kappa shape index (κ2) is 8.26. The lowest BCUT2D eigenvalue weighted by molar-refractivity contribution is -0.143. The molecule has 1 aliphatic rings. The van der Waals surface area contributed by atoms with Gasteiger partial charge in [-0.25, -0.2) is 9.18 Å². The molecule has 1 aromatic carbocycles. The van der Waals surface area contributed by atoms with E-state index < -0.39 is 29.6 Å². The zero-order valence-electron chi connectivity index (χ0n) is 13.4. The van der Waals surface area contributed by atoms with E-state index >= 15 is 0 Å². The quantitative estimate of drug-likeness (QED) is 0.688. The maximum Gasteiger partial charge on any atom is 0.330 e. The number of nitrogens with one attached hydrogen (secondary N) is 1. The highest BCUT2D eigenvalue weighted by Crippen LogP contribution is 2.23. The molecule has 1 saturated heterocycles. The van der Waals surface area contributed by atoms with E-state index in [4.69, 9.17) is 17.3 Å². The van der Waals surface area contributed by atoms with E-state index in [-0.39, 0.29) is 23.0 Å². The van der Waals surface area contributed by atoms with E-state index in [1.54, 1.807) is 0 Å². The van der Waals surface area contributed by atoms with Crippen LogP contribution in [-0.4, -0.2) is 47.4 Å². The van der Waals surface area contributed by atoms with Crippen molar-refractivity contribution in [2.45, 2.75) is 18.9 Å². The van der Waals surface area contributed by atoms with Crippen LogP contribution in [0.1, 0.15) is 24.4 Å². The van der Waals surface area contributed by atoms with Crippen LogP contribution in [0.15, 0.2) is 18.2 Å². The Morgan fingerprint density at radius 3 is 2.52 bits per heavy atom. The van der Waals surface area contributed by atoms with Crippen molar-refractivity contribution < 1.29 is 23.9 Å². The van der Waals surface area contributed by atoms with Crippen LogP contribution in [0.2, 0.25) is 5.02 Å². The molecular formula is C16H19ClFN3O4. The lowest BCUT2D eigenvalue weighted by atomic mass is 9.95. The summed E-state index contributed by atoms with van der Waals surface area (Å²) in [5.74, 6) is -3.11. The fourth-order valence-corrected chi connectivity index (χ4v) is 3.00. The van der Waals surface area contributed by atoms with Gasteiger partial charge in [0.1, 0.15) is 5.82 Å². The number of aliphatic carboxylic acids is 1. The van der Waals surface area contributed by atoms with E-state index in [1.807, 2.05) is 4.90 Å². The van der Waals surface area contributed by atoms with Crippen LogP contribution in [0, 0.1) is 11.7 Å². The Labute approximate surface area is 148 Å². The Morgan fingerprint density at radius 2 is 2.00 bits per heavy atom. The summed E-state index contributed by atoms with van der Waals surface area (Å²) in [5, 5.41) is 11.6. The predicted molar refractivity (Wildman–Crippen MR) is 88.3 cm³/mol. The number of primary amides is 1. The van der Waals surface area contributed by atoms with Crippen molar-refractivity contribution in [1.82, 2.24) is 10.2 Å². The molecule has 9 heteroatoms. The summed E-state index contributed by atoms with van der Waals surface area (Å²) < 4.78 is 13.2. The van der Waals surface area contributed by atoms with Crippen molar-refractivity contribution in [1.29, 1.82) is 0 Å². The highest BCUT2D eigenvalue weighted by atomic mass is 35.5. The first-order valence-electron chi connectivity index (χ1n) is 7.76. The average Bonchev–Trinajstić information content (AvgIpc) is 2.55. The minimum absolute atomic E-state index is 0.139. The van der Waals surface area contributed by atoms with Gasteiger partial charge in [0.15, 0.2) is 6.04 Å². The molecule has 1 aromatic rings. The Balaban J connectivity index is 2.00. The molecule has 1 unspecified atom stereocenters. The summed E-state index contributed by atoms with van der Waals surface area (Å²) in [6.45, 7) is 1.20. The SMILES string of the molecule is NC(=O)CN1CCC(C(=O)NC(C(=O)O)c2ccc(F)c(Cl)c2)CC1. The summed E-state index contributed by atoms with van der Waals surface area (Å²) in [6.07, 6.45) is 0.991. The highest BCUT2D eigenvalue weighted by Gasteiger charge is 2.30. The Morgan fingerprint density at radius 1 is 1.36 bits per heavy atom. The van der Waals surface area contributed by atoms with Crippen molar-refractivity contribution >= 4 is 29.4 Å². The maximum absolute atomic E-state index is 13.2. The number of likely N-dealkylation sites (tertiary alicyclic amines) is 1. The number of halogens is 2. The smallest absolute Gasteiger partial charge is 0.330 e. The van der Waals surface area contributed by atoms with Gasteiger partial charge in [-0.1, -0.05) is 17.7 Å². The number of carbonyl (C=O) groups excluding carboxylic acids is 2. The van der Waals surface area contributed by atoms with E-state index in [9.17, 15) is 23.9 Å². The Kier molecular flexibility index (Phi) is 6.33. The molecule has 1 fully saturated rings. The number of nitrogens with zero attached hydrogens (tertiary/aromatic N) is 1. The predicted octanol–water partition coefficient (Wildman–Crippen LogP) is 0.918. The number of carboxylic acids is 1. The van der Waals surface area contributed by atoms with Gasteiger partial charge in [0.2, 0.25) is 11.8 Å². The van der Waals surface area contributed by atoms with Crippen LogP contribution in [0.3, 0.4) is 0 Å². The molecule has 0 aromatic heterocycles. The van der Waals surface area contributed by atoms with E-state index in [2.05, 4.69) is 5.32 Å². The number of carboxylic acid groups (broad SMARTS) is 1. The number of amides is 2. The molecular weight excluding hydrogens is 353 g/mol. The van der Waals surface area contributed by atoms with Crippen molar-refractivity contribution in [2.75, 3.05) is 19.6 Å². The van der Waals surface area contributed by atoms with Gasteiger partial charge >= 0.3 is 5.97 Å². The zero-order valence-corrected chi connectivity index (χ0v) is 14.1. The monoisotopic (exact) mass is 371 g/mol. The van der Waals surface area contributed by atoms with Gasteiger partial charge in [0.05, 0.1) is 11.6 Å². The maximum atomic E-state index is 13.2. The molecule has 25 heavy (non-hydrogen) atoms. The molecule has 4 N–H and O–H groups in total. The normalized spacial score (nSPS) is 17.0. The van der Waals surface area contributed by atoms with Crippen LogP contribution < -0.4 is 11.1 Å². The van der Waals surface area contributed by atoms with Crippen molar-refractivity contribution in [3.63, 3.8) is 0 Å². The Bertz CT molecular complexity index is 677. The van der Waals surface area contributed by atoms with Crippen LogP contribution in [0.5, 0.6) is 0 Å². The lowest BCUT2D eigenvalue weighted by Gasteiger charge is -2.30.